The van der Waals surface area contributed by atoms with Gasteiger partial charge in [0.15, 0.2) is 10.8 Å². The monoisotopic (exact) mass is 370 g/mol. The number of aromatic nitrogens is 1. The van der Waals surface area contributed by atoms with Gasteiger partial charge in [-0.1, -0.05) is 12.1 Å². The van der Waals surface area contributed by atoms with Crippen molar-refractivity contribution in [1.82, 2.24) is 10.3 Å². The van der Waals surface area contributed by atoms with E-state index in [0.29, 0.717) is 12.6 Å². The molecule has 4 rings (SSSR count). The van der Waals surface area contributed by atoms with Crippen molar-refractivity contribution in [3.8, 4) is 10.8 Å². The number of hydrogen-bond acceptors (Lipinski definition) is 6. The van der Waals surface area contributed by atoms with Crippen molar-refractivity contribution in [2.75, 3.05) is 7.11 Å². The van der Waals surface area contributed by atoms with Gasteiger partial charge in [0.1, 0.15) is 5.76 Å². The number of esters is 1. The van der Waals surface area contributed by atoms with Gasteiger partial charge in [0, 0.05) is 6.04 Å². The topological polar surface area (TPSA) is 64.4 Å². The Bertz CT molecular complexity index is 860. The summed E-state index contributed by atoms with van der Waals surface area (Å²) in [6.45, 7) is 0.693. The number of fused-ring (bicyclic) bond motifs is 1. The van der Waals surface area contributed by atoms with E-state index in [1.165, 1.54) is 11.8 Å². The van der Waals surface area contributed by atoms with E-state index in [4.69, 9.17) is 9.15 Å². The highest BCUT2D eigenvalue weighted by atomic mass is 32.1. The number of nitrogens with zero attached hydrogens (tertiary/aromatic N) is 1. The number of ether oxygens (including phenoxy) is 1. The number of carbonyl (C=O) groups excluding carboxylic acids is 1. The van der Waals surface area contributed by atoms with Crippen molar-refractivity contribution in [2.24, 2.45) is 5.92 Å². The fourth-order valence-corrected chi connectivity index (χ4v) is 4.44. The molecule has 1 aromatic carbocycles. The average molecular weight is 370 g/mol. The van der Waals surface area contributed by atoms with Gasteiger partial charge in [-0.3, -0.25) is 4.79 Å². The standard InChI is InChI=1S/C20H22N2O3S/c1-24-20(23)13-6-8-14(9-7-13)21-12-15-10-11-17(25-15)19-22-16-4-2-3-5-18(16)26-19/h2-5,10-11,13-14,21H,6-9,12H2,1H3. The van der Waals surface area contributed by atoms with Crippen LogP contribution in [0.2, 0.25) is 0 Å². The van der Waals surface area contributed by atoms with Crippen molar-refractivity contribution in [3.05, 3.63) is 42.2 Å². The first-order valence-corrected chi connectivity index (χ1v) is 9.80. The Kier molecular flexibility index (Phi) is 5.04. The molecule has 3 aromatic rings. The summed E-state index contributed by atoms with van der Waals surface area (Å²) in [5, 5.41) is 4.46. The Morgan fingerprint density at radius 1 is 1.23 bits per heavy atom. The molecule has 136 valence electrons. The van der Waals surface area contributed by atoms with Crippen molar-refractivity contribution in [3.63, 3.8) is 0 Å². The number of carbonyl (C=O) groups is 1. The van der Waals surface area contributed by atoms with Gasteiger partial charge in [-0.15, -0.1) is 11.3 Å². The van der Waals surface area contributed by atoms with Gasteiger partial charge in [-0.2, -0.15) is 0 Å². The SMILES string of the molecule is COC(=O)C1CCC(NCc2ccc(-c3nc4ccccc4s3)o2)CC1. The predicted molar refractivity (Wildman–Crippen MR) is 102 cm³/mol. The lowest BCUT2D eigenvalue weighted by Crippen LogP contribution is -2.34. The molecule has 0 radical (unpaired) electrons. The van der Waals surface area contributed by atoms with Crippen LogP contribution in [0.5, 0.6) is 0 Å². The van der Waals surface area contributed by atoms with E-state index in [9.17, 15) is 4.79 Å². The number of para-hydroxylation sites is 1. The number of benzene rings is 1. The average Bonchev–Trinajstić information content (AvgIpc) is 3.32. The van der Waals surface area contributed by atoms with E-state index >= 15 is 0 Å². The number of nitrogens with one attached hydrogen (secondary N) is 1. The number of thiazole rings is 1. The van der Waals surface area contributed by atoms with Crippen molar-refractivity contribution in [2.45, 2.75) is 38.3 Å². The Balaban J connectivity index is 1.34. The smallest absolute Gasteiger partial charge is 0.308 e. The minimum atomic E-state index is -0.0741. The summed E-state index contributed by atoms with van der Waals surface area (Å²) in [5.74, 6) is 1.72. The summed E-state index contributed by atoms with van der Waals surface area (Å²) in [6, 6.07) is 12.5. The van der Waals surface area contributed by atoms with Crippen LogP contribution < -0.4 is 5.32 Å². The summed E-state index contributed by atoms with van der Waals surface area (Å²) < 4.78 is 12.0. The summed E-state index contributed by atoms with van der Waals surface area (Å²) in [6.07, 6.45) is 3.76. The molecule has 0 spiro atoms. The summed E-state index contributed by atoms with van der Waals surface area (Å²) >= 11 is 1.65. The van der Waals surface area contributed by atoms with Crippen LogP contribution in [0.1, 0.15) is 31.4 Å². The zero-order valence-corrected chi connectivity index (χ0v) is 15.6. The zero-order chi connectivity index (χ0) is 17.9. The van der Waals surface area contributed by atoms with Crippen molar-refractivity contribution in [1.29, 1.82) is 0 Å². The molecule has 0 amide bonds. The van der Waals surface area contributed by atoms with Crippen LogP contribution in [0.15, 0.2) is 40.8 Å². The number of hydrogen-bond donors (Lipinski definition) is 1. The number of methoxy groups -OCH3 is 1. The summed E-state index contributed by atoms with van der Waals surface area (Å²) in [7, 11) is 1.46. The van der Waals surface area contributed by atoms with E-state index in [1.807, 2.05) is 30.3 Å². The second kappa shape index (κ2) is 7.60. The third-order valence-electron chi connectivity index (χ3n) is 4.99. The quantitative estimate of drug-likeness (QED) is 0.675. The lowest BCUT2D eigenvalue weighted by atomic mass is 9.86. The van der Waals surface area contributed by atoms with Crippen LogP contribution in [0.4, 0.5) is 0 Å². The third-order valence-corrected chi connectivity index (χ3v) is 6.04. The molecule has 0 unspecified atom stereocenters. The lowest BCUT2D eigenvalue weighted by molar-refractivity contribution is -0.146. The normalized spacial score (nSPS) is 20.3. The van der Waals surface area contributed by atoms with E-state index in [0.717, 1.165) is 47.7 Å². The molecule has 1 aliphatic carbocycles. The van der Waals surface area contributed by atoms with Crippen LogP contribution in [-0.2, 0) is 16.1 Å². The summed E-state index contributed by atoms with van der Waals surface area (Å²) in [4.78, 5) is 16.2. The molecule has 1 aliphatic rings. The van der Waals surface area contributed by atoms with Crippen molar-refractivity contribution >= 4 is 27.5 Å². The maximum atomic E-state index is 11.6. The molecule has 26 heavy (non-hydrogen) atoms. The second-order valence-electron chi connectivity index (χ2n) is 6.71. The molecule has 0 aliphatic heterocycles. The first kappa shape index (κ1) is 17.2. The summed E-state index contributed by atoms with van der Waals surface area (Å²) in [5.41, 5.74) is 1.01. The van der Waals surface area contributed by atoms with Gasteiger partial charge in [0.25, 0.3) is 0 Å². The molecule has 0 saturated heterocycles. The van der Waals surface area contributed by atoms with E-state index in [1.54, 1.807) is 11.3 Å². The molecule has 2 heterocycles. The van der Waals surface area contributed by atoms with E-state index < -0.39 is 0 Å². The van der Waals surface area contributed by atoms with Crippen LogP contribution in [0.25, 0.3) is 21.0 Å². The molecule has 5 nitrogen and oxygen atoms in total. The molecular formula is C20H22N2O3S. The van der Waals surface area contributed by atoms with Gasteiger partial charge < -0.3 is 14.5 Å². The Morgan fingerprint density at radius 2 is 2.04 bits per heavy atom. The van der Waals surface area contributed by atoms with Gasteiger partial charge >= 0.3 is 5.97 Å². The highest BCUT2D eigenvalue weighted by Gasteiger charge is 2.26. The van der Waals surface area contributed by atoms with Gasteiger partial charge in [0.2, 0.25) is 0 Å². The maximum Gasteiger partial charge on any atom is 0.308 e. The Labute approximate surface area is 156 Å². The molecule has 1 N–H and O–H groups in total. The van der Waals surface area contributed by atoms with E-state index in [2.05, 4.69) is 16.4 Å². The molecule has 2 aromatic heterocycles. The van der Waals surface area contributed by atoms with Gasteiger partial charge in [-0.25, -0.2) is 4.98 Å². The minimum absolute atomic E-state index is 0.0623. The Hall–Kier alpha value is -2.18. The fraction of sp³-hybridized carbons (Fsp3) is 0.400. The first-order chi connectivity index (χ1) is 12.7. The molecule has 0 atom stereocenters. The molecular weight excluding hydrogens is 348 g/mol. The fourth-order valence-electron chi connectivity index (χ4n) is 3.51. The van der Waals surface area contributed by atoms with Crippen LogP contribution >= 0.6 is 11.3 Å². The van der Waals surface area contributed by atoms with Crippen molar-refractivity contribution < 1.29 is 13.9 Å². The van der Waals surface area contributed by atoms with Crippen LogP contribution in [0.3, 0.4) is 0 Å². The third kappa shape index (κ3) is 3.66. The van der Waals surface area contributed by atoms with Gasteiger partial charge in [-0.05, 0) is 49.9 Å². The molecule has 0 bridgehead atoms. The minimum Gasteiger partial charge on any atom is -0.469 e. The molecule has 6 heteroatoms. The number of rotatable bonds is 5. The molecule has 1 saturated carbocycles. The number of furan rings is 1. The first-order valence-electron chi connectivity index (χ1n) is 8.99. The highest BCUT2D eigenvalue weighted by Crippen LogP contribution is 2.31. The largest absolute Gasteiger partial charge is 0.469 e. The second-order valence-corrected chi connectivity index (χ2v) is 7.74. The maximum absolute atomic E-state index is 11.6. The zero-order valence-electron chi connectivity index (χ0n) is 14.7. The predicted octanol–water partition coefficient (Wildman–Crippen LogP) is 4.38. The molecule has 1 fully saturated rings. The highest BCUT2D eigenvalue weighted by molar-refractivity contribution is 7.21. The van der Waals surface area contributed by atoms with E-state index in [-0.39, 0.29) is 11.9 Å². The van der Waals surface area contributed by atoms with Gasteiger partial charge in [0.05, 0.1) is 29.8 Å². The Morgan fingerprint density at radius 3 is 2.81 bits per heavy atom. The lowest BCUT2D eigenvalue weighted by Gasteiger charge is -2.27. The van der Waals surface area contributed by atoms with Crippen LogP contribution in [0, 0.1) is 5.92 Å². The van der Waals surface area contributed by atoms with Crippen LogP contribution in [-0.4, -0.2) is 24.1 Å².